The molecule has 0 spiro atoms. The zero-order chi connectivity index (χ0) is 18.0. The number of aryl methyl sites for hydroxylation is 1. The molecule has 0 bridgehead atoms. The third-order valence-corrected chi connectivity index (χ3v) is 4.39. The number of hydrogen-bond acceptors (Lipinski definition) is 4. The molecule has 1 aliphatic heterocycles. The van der Waals surface area contributed by atoms with Gasteiger partial charge in [0.05, 0.1) is 19.2 Å². The molecule has 2 amide bonds. The third-order valence-electron chi connectivity index (χ3n) is 4.39. The average Bonchev–Trinajstić information content (AvgIpc) is 3.19. The first kappa shape index (κ1) is 17.0. The average molecular weight is 342 g/mol. The van der Waals surface area contributed by atoms with E-state index in [0.29, 0.717) is 18.8 Å². The van der Waals surface area contributed by atoms with Crippen molar-refractivity contribution in [1.82, 2.24) is 14.7 Å². The molecular weight excluding hydrogens is 320 g/mol. The van der Waals surface area contributed by atoms with Crippen LogP contribution in [-0.4, -0.2) is 47.2 Å². The highest BCUT2D eigenvalue weighted by molar-refractivity contribution is 6.00. The van der Waals surface area contributed by atoms with Crippen molar-refractivity contribution in [3.8, 4) is 5.75 Å². The van der Waals surface area contributed by atoms with Gasteiger partial charge in [-0.15, -0.1) is 0 Å². The number of hydrogen-bond donors (Lipinski definition) is 0. The Morgan fingerprint density at radius 3 is 2.92 bits per heavy atom. The first-order valence-electron chi connectivity index (χ1n) is 8.15. The summed E-state index contributed by atoms with van der Waals surface area (Å²) in [5.41, 5.74) is 1.72. The molecule has 2 aromatic rings. The molecular formula is C18H22N4O3. The van der Waals surface area contributed by atoms with Crippen molar-refractivity contribution < 1.29 is 14.3 Å². The fraction of sp³-hybridized carbons (Fsp3) is 0.389. The summed E-state index contributed by atoms with van der Waals surface area (Å²) in [5.74, 6) is 0.290. The molecule has 7 nitrogen and oxygen atoms in total. The van der Waals surface area contributed by atoms with Gasteiger partial charge in [-0.1, -0.05) is 6.07 Å². The van der Waals surface area contributed by atoms with Crippen LogP contribution in [0.2, 0.25) is 0 Å². The number of carbonyl (C=O) groups is 2. The highest BCUT2D eigenvalue weighted by Crippen LogP contribution is 2.28. The minimum atomic E-state index is -0.333. The summed E-state index contributed by atoms with van der Waals surface area (Å²) in [5, 5.41) is 4.11. The number of ether oxygens (including phenoxy) is 1. The number of methoxy groups -OCH3 is 1. The van der Waals surface area contributed by atoms with E-state index in [2.05, 4.69) is 5.10 Å². The number of anilines is 1. The standard InChI is InChI=1S/C18H22N4O3/c1-20(10-13-9-19-21(2)11-13)18(24)14-7-17(23)22(12-14)15-5-4-6-16(8-15)25-3/h4-6,8-9,11,14H,7,10,12H2,1-3H3/t14-/m0/s1. The Labute approximate surface area is 146 Å². The van der Waals surface area contributed by atoms with Gasteiger partial charge in [0, 0.05) is 57.1 Å². The van der Waals surface area contributed by atoms with Crippen molar-refractivity contribution in [3.63, 3.8) is 0 Å². The predicted octanol–water partition coefficient (Wildman–Crippen LogP) is 1.44. The van der Waals surface area contributed by atoms with Crippen LogP contribution in [0, 0.1) is 5.92 Å². The SMILES string of the molecule is COc1cccc(N2C[C@@H](C(=O)N(C)Cc3cnn(C)c3)CC2=O)c1. The maximum absolute atomic E-state index is 12.7. The Balaban J connectivity index is 1.67. The predicted molar refractivity (Wildman–Crippen MR) is 93.1 cm³/mol. The lowest BCUT2D eigenvalue weighted by Gasteiger charge is -2.21. The van der Waals surface area contributed by atoms with E-state index in [9.17, 15) is 9.59 Å². The first-order valence-corrected chi connectivity index (χ1v) is 8.15. The van der Waals surface area contributed by atoms with Gasteiger partial charge < -0.3 is 14.5 Å². The molecule has 1 aliphatic rings. The van der Waals surface area contributed by atoms with Crippen molar-refractivity contribution in [1.29, 1.82) is 0 Å². The largest absolute Gasteiger partial charge is 0.497 e. The number of amides is 2. The van der Waals surface area contributed by atoms with E-state index in [1.807, 2.05) is 37.5 Å². The summed E-state index contributed by atoms with van der Waals surface area (Å²) in [4.78, 5) is 28.4. The fourth-order valence-electron chi connectivity index (χ4n) is 3.12. The van der Waals surface area contributed by atoms with E-state index in [4.69, 9.17) is 4.74 Å². The summed E-state index contributed by atoms with van der Waals surface area (Å²) in [6, 6.07) is 7.33. The van der Waals surface area contributed by atoms with Gasteiger partial charge in [0.2, 0.25) is 11.8 Å². The number of aromatic nitrogens is 2. The fourth-order valence-corrected chi connectivity index (χ4v) is 3.12. The topological polar surface area (TPSA) is 67.7 Å². The van der Waals surface area contributed by atoms with Crippen LogP contribution in [0.1, 0.15) is 12.0 Å². The van der Waals surface area contributed by atoms with Gasteiger partial charge >= 0.3 is 0 Å². The molecule has 1 saturated heterocycles. The first-order chi connectivity index (χ1) is 12.0. The van der Waals surface area contributed by atoms with Gasteiger partial charge in [-0.3, -0.25) is 14.3 Å². The lowest BCUT2D eigenvalue weighted by Crippen LogP contribution is -2.34. The zero-order valence-corrected chi connectivity index (χ0v) is 14.7. The molecule has 0 saturated carbocycles. The molecule has 0 unspecified atom stereocenters. The number of benzene rings is 1. The van der Waals surface area contributed by atoms with Gasteiger partial charge in [-0.05, 0) is 12.1 Å². The van der Waals surface area contributed by atoms with E-state index in [0.717, 1.165) is 11.3 Å². The maximum atomic E-state index is 12.7. The highest BCUT2D eigenvalue weighted by atomic mass is 16.5. The van der Waals surface area contributed by atoms with Crippen LogP contribution in [-0.2, 0) is 23.2 Å². The second kappa shape index (κ2) is 6.96. The van der Waals surface area contributed by atoms with Crippen molar-refractivity contribution in [3.05, 3.63) is 42.2 Å². The summed E-state index contributed by atoms with van der Waals surface area (Å²) < 4.78 is 6.92. The van der Waals surface area contributed by atoms with Crippen LogP contribution in [0.4, 0.5) is 5.69 Å². The Hall–Kier alpha value is -2.83. The lowest BCUT2D eigenvalue weighted by molar-refractivity contribution is -0.135. The van der Waals surface area contributed by atoms with Gasteiger partial charge in [0.1, 0.15) is 5.75 Å². The van der Waals surface area contributed by atoms with Crippen molar-refractivity contribution >= 4 is 17.5 Å². The monoisotopic (exact) mass is 342 g/mol. The van der Waals surface area contributed by atoms with Crippen LogP contribution in [0.5, 0.6) is 5.75 Å². The molecule has 1 fully saturated rings. The van der Waals surface area contributed by atoms with Crippen molar-refractivity contribution in [2.24, 2.45) is 13.0 Å². The van der Waals surface area contributed by atoms with Crippen LogP contribution in [0.3, 0.4) is 0 Å². The minimum Gasteiger partial charge on any atom is -0.497 e. The summed E-state index contributed by atoms with van der Waals surface area (Å²) in [6.45, 7) is 0.874. The molecule has 1 aromatic carbocycles. The van der Waals surface area contributed by atoms with E-state index >= 15 is 0 Å². The third kappa shape index (κ3) is 3.65. The quantitative estimate of drug-likeness (QED) is 0.825. The number of rotatable bonds is 5. The summed E-state index contributed by atoms with van der Waals surface area (Å²) in [6.07, 6.45) is 3.85. The van der Waals surface area contributed by atoms with Gasteiger partial charge in [0.25, 0.3) is 0 Å². The molecule has 3 rings (SSSR count). The van der Waals surface area contributed by atoms with Gasteiger partial charge in [-0.2, -0.15) is 5.10 Å². The Morgan fingerprint density at radius 1 is 1.44 bits per heavy atom. The Morgan fingerprint density at radius 2 is 2.24 bits per heavy atom. The minimum absolute atomic E-state index is 0.0254. The molecule has 1 atom stereocenters. The van der Waals surface area contributed by atoms with Crippen LogP contribution < -0.4 is 9.64 Å². The van der Waals surface area contributed by atoms with E-state index in [-0.39, 0.29) is 24.2 Å². The molecule has 132 valence electrons. The van der Waals surface area contributed by atoms with Crippen LogP contribution in [0.25, 0.3) is 0 Å². The Bertz CT molecular complexity index is 786. The molecule has 1 aromatic heterocycles. The van der Waals surface area contributed by atoms with Crippen LogP contribution in [0.15, 0.2) is 36.7 Å². The van der Waals surface area contributed by atoms with E-state index in [1.54, 1.807) is 34.8 Å². The van der Waals surface area contributed by atoms with Crippen molar-refractivity contribution in [2.45, 2.75) is 13.0 Å². The Kier molecular flexibility index (Phi) is 4.74. The summed E-state index contributed by atoms with van der Waals surface area (Å²) in [7, 11) is 5.19. The normalized spacial score (nSPS) is 17.0. The van der Waals surface area contributed by atoms with E-state index in [1.165, 1.54) is 0 Å². The van der Waals surface area contributed by atoms with Gasteiger partial charge in [-0.25, -0.2) is 0 Å². The molecule has 0 radical (unpaired) electrons. The smallest absolute Gasteiger partial charge is 0.228 e. The van der Waals surface area contributed by atoms with Crippen LogP contribution >= 0.6 is 0 Å². The van der Waals surface area contributed by atoms with Crippen molar-refractivity contribution in [2.75, 3.05) is 25.6 Å². The molecule has 2 heterocycles. The molecule has 7 heteroatoms. The molecule has 0 aliphatic carbocycles. The maximum Gasteiger partial charge on any atom is 0.228 e. The second-order valence-corrected chi connectivity index (χ2v) is 6.32. The van der Waals surface area contributed by atoms with E-state index < -0.39 is 0 Å². The number of carbonyl (C=O) groups excluding carboxylic acids is 2. The zero-order valence-electron chi connectivity index (χ0n) is 14.7. The molecule has 25 heavy (non-hydrogen) atoms. The highest BCUT2D eigenvalue weighted by Gasteiger charge is 2.36. The molecule has 0 N–H and O–H groups in total. The summed E-state index contributed by atoms with van der Waals surface area (Å²) >= 11 is 0. The number of nitrogens with zero attached hydrogens (tertiary/aromatic N) is 4. The lowest BCUT2D eigenvalue weighted by atomic mass is 10.1. The second-order valence-electron chi connectivity index (χ2n) is 6.32. The van der Waals surface area contributed by atoms with Gasteiger partial charge in [0.15, 0.2) is 0 Å².